The van der Waals surface area contributed by atoms with Gasteiger partial charge in [0.05, 0.1) is 16.3 Å². The maximum Gasteiger partial charge on any atom is 0.410 e. The van der Waals surface area contributed by atoms with Gasteiger partial charge in [0.2, 0.25) is 0 Å². The van der Waals surface area contributed by atoms with Crippen molar-refractivity contribution in [3.8, 4) is 0 Å². The number of amides is 2. The summed E-state index contributed by atoms with van der Waals surface area (Å²) in [4.78, 5) is 41.2. The van der Waals surface area contributed by atoms with E-state index in [9.17, 15) is 14.4 Å². The fraction of sp³-hybridized carbons (Fsp3) is 0.632. The van der Waals surface area contributed by atoms with Crippen LogP contribution < -0.4 is 0 Å². The quantitative estimate of drug-likeness (QED) is 0.735. The predicted molar refractivity (Wildman–Crippen MR) is 99.7 cm³/mol. The standard InChI is InChI=1S/C19H26N2O4S/c1-4-5-13(2)21-12-19(25-18(21)24)8-10-20(11-9-19)17(23)16-7-6-15(26-16)14(3)22/h6-7,13H,4-5,8-12H2,1-3H3/t13-/m1/s1. The first-order valence-electron chi connectivity index (χ1n) is 9.25. The van der Waals surface area contributed by atoms with E-state index in [1.807, 2.05) is 4.90 Å². The monoisotopic (exact) mass is 378 g/mol. The summed E-state index contributed by atoms with van der Waals surface area (Å²) in [7, 11) is 0. The third kappa shape index (κ3) is 3.63. The molecule has 0 unspecified atom stereocenters. The lowest BCUT2D eigenvalue weighted by atomic mass is 9.91. The van der Waals surface area contributed by atoms with E-state index < -0.39 is 5.60 Å². The average Bonchev–Trinajstić information content (AvgIpc) is 3.21. The third-order valence-electron chi connectivity index (χ3n) is 5.36. The molecule has 0 N–H and O–H groups in total. The minimum atomic E-state index is -0.462. The lowest BCUT2D eigenvalue weighted by Crippen LogP contribution is -2.49. The number of ether oxygens (including phenoxy) is 1. The van der Waals surface area contributed by atoms with E-state index >= 15 is 0 Å². The maximum absolute atomic E-state index is 12.7. The summed E-state index contributed by atoms with van der Waals surface area (Å²) in [5, 5.41) is 0. The number of rotatable bonds is 5. The summed E-state index contributed by atoms with van der Waals surface area (Å²) in [5.74, 6) is -0.0660. The SMILES string of the molecule is CCC[C@@H](C)N1CC2(CCN(C(=O)c3ccc(C(C)=O)s3)CC2)OC1=O. The molecule has 1 atom stereocenters. The van der Waals surface area contributed by atoms with Gasteiger partial charge in [-0.25, -0.2) is 4.79 Å². The van der Waals surface area contributed by atoms with Crippen molar-refractivity contribution in [1.29, 1.82) is 0 Å². The van der Waals surface area contributed by atoms with Crippen LogP contribution in [0.2, 0.25) is 0 Å². The van der Waals surface area contributed by atoms with Crippen LogP contribution in [0, 0.1) is 0 Å². The van der Waals surface area contributed by atoms with Crippen molar-refractivity contribution < 1.29 is 19.1 Å². The van der Waals surface area contributed by atoms with Crippen LogP contribution in [-0.4, -0.2) is 58.9 Å². The zero-order chi connectivity index (χ0) is 18.9. The second-order valence-electron chi connectivity index (χ2n) is 7.33. The molecule has 3 rings (SSSR count). The van der Waals surface area contributed by atoms with Crippen LogP contribution in [0.1, 0.15) is 65.8 Å². The van der Waals surface area contributed by atoms with Crippen LogP contribution in [-0.2, 0) is 4.74 Å². The van der Waals surface area contributed by atoms with Gasteiger partial charge in [0.1, 0.15) is 5.60 Å². The van der Waals surface area contributed by atoms with Crippen LogP contribution in [0.4, 0.5) is 4.79 Å². The molecule has 0 aliphatic carbocycles. The summed E-state index contributed by atoms with van der Waals surface area (Å²) in [6.45, 7) is 7.42. The summed E-state index contributed by atoms with van der Waals surface area (Å²) in [6.07, 6.45) is 3.08. The van der Waals surface area contributed by atoms with Crippen LogP contribution in [0.15, 0.2) is 12.1 Å². The third-order valence-corrected chi connectivity index (χ3v) is 6.54. The first-order chi connectivity index (χ1) is 12.3. The van der Waals surface area contributed by atoms with Gasteiger partial charge in [0.25, 0.3) is 5.91 Å². The van der Waals surface area contributed by atoms with Crippen molar-refractivity contribution in [1.82, 2.24) is 9.80 Å². The van der Waals surface area contributed by atoms with Crippen molar-refractivity contribution in [2.75, 3.05) is 19.6 Å². The fourth-order valence-electron chi connectivity index (χ4n) is 3.74. The molecule has 2 fully saturated rings. The van der Waals surface area contributed by atoms with Crippen LogP contribution >= 0.6 is 11.3 Å². The van der Waals surface area contributed by atoms with E-state index in [4.69, 9.17) is 4.74 Å². The van der Waals surface area contributed by atoms with Gasteiger partial charge in [-0.2, -0.15) is 0 Å². The number of carbonyl (C=O) groups is 3. The molecule has 1 aromatic heterocycles. The Kier molecular flexibility index (Phi) is 5.37. The second-order valence-corrected chi connectivity index (χ2v) is 8.41. The van der Waals surface area contributed by atoms with Crippen molar-refractivity contribution >= 4 is 29.1 Å². The van der Waals surface area contributed by atoms with Crippen LogP contribution in [0.3, 0.4) is 0 Å². The Hall–Kier alpha value is -1.89. The summed E-state index contributed by atoms with van der Waals surface area (Å²) >= 11 is 1.24. The first kappa shape index (κ1) is 18.9. The van der Waals surface area contributed by atoms with Crippen molar-refractivity contribution in [2.24, 2.45) is 0 Å². The highest BCUT2D eigenvalue weighted by atomic mass is 32.1. The zero-order valence-corrected chi connectivity index (χ0v) is 16.4. The van der Waals surface area contributed by atoms with Crippen LogP contribution in [0.25, 0.3) is 0 Å². The molecule has 2 aliphatic rings. The highest BCUT2D eigenvalue weighted by Crippen LogP contribution is 2.35. The molecular formula is C19H26N2O4S. The van der Waals surface area contributed by atoms with E-state index in [1.54, 1.807) is 17.0 Å². The molecule has 26 heavy (non-hydrogen) atoms. The molecule has 0 radical (unpaired) electrons. The number of nitrogens with zero attached hydrogens (tertiary/aromatic N) is 2. The molecule has 0 aromatic carbocycles. The molecule has 2 aliphatic heterocycles. The largest absolute Gasteiger partial charge is 0.441 e. The van der Waals surface area contributed by atoms with Crippen molar-refractivity contribution in [3.05, 3.63) is 21.9 Å². The smallest absolute Gasteiger partial charge is 0.410 e. The van der Waals surface area contributed by atoms with E-state index in [0.29, 0.717) is 42.2 Å². The summed E-state index contributed by atoms with van der Waals surface area (Å²) < 4.78 is 5.75. The Balaban J connectivity index is 1.61. The lowest BCUT2D eigenvalue weighted by molar-refractivity contribution is 0.00320. The van der Waals surface area contributed by atoms with Gasteiger partial charge in [0, 0.05) is 32.0 Å². The van der Waals surface area contributed by atoms with Crippen LogP contribution in [0.5, 0.6) is 0 Å². The number of hydrogen-bond donors (Lipinski definition) is 0. The number of Topliss-reactive ketones (excluding diaryl/α,β-unsaturated/α-hetero) is 1. The topological polar surface area (TPSA) is 66.9 Å². The molecule has 0 saturated carbocycles. The molecule has 3 heterocycles. The Labute approximate surface area is 158 Å². The number of likely N-dealkylation sites (tertiary alicyclic amines) is 1. The summed E-state index contributed by atoms with van der Waals surface area (Å²) in [6, 6.07) is 3.61. The van der Waals surface area contributed by atoms with Gasteiger partial charge in [-0.15, -0.1) is 11.3 Å². The van der Waals surface area contributed by atoms with Gasteiger partial charge in [-0.05, 0) is 32.4 Å². The minimum Gasteiger partial charge on any atom is -0.441 e. The van der Waals surface area contributed by atoms with Gasteiger partial charge >= 0.3 is 6.09 Å². The molecular weight excluding hydrogens is 352 g/mol. The Morgan fingerprint density at radius 2 is 1.92 bits per heavy atom. The molecule has 0 bridgehead atoms. The van der Waals surface area contributed by atoms with Crippen molar-refractivity contribution in [3.63, 3.8) is 0 Å². The highest BCUT2D eigenvalue weighted by molar-refractivity contribution is 7.15. The van der Waals surface area contributed by atoms with Gasteiger partial charge in [-0.1, -0.05) is 13.3 Å². The molecule has 2 saturated heterocycles. The van der Waals surface area contributed by atoms with Gasteiger partial charge < -0.3 is 14.5 Å². The van der Waals surface area contributed by atoms with E-state index in [2.05, 4.69) is 13.8 Å². The number of ketones is 1. The molecule has 7 heteroatoms. The fourth-order valence-corrected chi connectivity index (χ4v) is 4.61. The maximum atomic E-state index is 12.7. The zero-order valence-electron chi connectivity index (χ0n) is 15.6. The minimum absolute atomic E-state index is 0.0224. The lowest BCUT2D eigenvalue weighted by Gasteiger charge is -2.37. The number of carbonyl (C=O) groups excluding carboxylic acids is 3. The van der Waals surface area contributed by atoms with E-state index in [-0.39, 0.29) is 23.8 Å². The van der Waals surface area contributed by atoms with Crippen molar-refractivity contribution in [2.45, 2.75) is 58.1 Å². The van der Waals surface area contributed by atoms with Gasteiger partial charge in [-0.3, -0.25) is 9.59 Å². The van der Waals surface area contributed by atoms with E-state index in [1.165, 1.54) is 18.3 Å². The summed E-state index contributed by atoms with van der Waals surface area (Å²) in [5.41, 5.74) is -0.462. The second kappa shape index (κ2) is 7.39. The van der Waals surface area contributed by atoms with E-state index in [0.717, 1.165) is 12.8 Å². The predicted octanol–water partition coefficient (Wildman–Crippen LogP) is 3.57. The Morgan fingerprint density at radius 3 is 2.50 bits per heavy atom. The number of hydrogen-bond acceptors (Lipinski definition) is 5. The first-order valence-corrected chi connectivity index (χ1v) is 10.1. The molecule has 1 spiro atoms. The number of piperidine rings is 1. The molecule has 1 aromatic rings. The normalized spacial score (nSPS) is 20.3. The molecule has 142 valence electrons. The van der Waals surface area contributed by atoms with Gasteiger partial charge in [0.15, 0.2) is 5.78 Å². The average molecular weight is 378 g/mol. The Morgan fingerprint density at radius 1 is 1.27 bits per heavy atom. The molecule has 2 amide bonds. The Bertz CT molecular complexity index is 706. The number of thiophene rings is 1. The molecule has 6 nitrogen and oxygen atoms in total. The highest BCUT2D eigenvalue weighted by Gasteiger charge is 2.48.